The van der Waals surface area contributed by atoms with Crippen LogP contribution < -0.4 is 0 Å². The van der Waals surface area contributed by atoms with Gasteiger partial charge in [-0.2, -0.15) is 0 Å². The second kappa shape index (κ2) is 7.05. The monoisotopic (exact) mass is 225 g/mol. The van der Waals surface area contributed by atoms with Crippen LogP contribution in [-0.4, -0.2) is 29.8 Å². The Hall–Kier alpha value is -0.370. The maximum absolute atomic E-state index is 12.0. The Balaban J connectivity index is 2.45. The first-order valence-electron chi connectivity index (χ1n) is 6.95. The van der Waals surface area contributed by atoms with Crippen LogP contribution >= 0.6 is 0 Å². The smallest absolute Gasteiger partial charge is 0.149 e. The lowest BCUT2D eigenvalue weighted by Gasteiger charge is -2.35. The molecule has 0 bridgehead atoms. The molecule has 1 saturated heterocycles. The van der Waals surface area contributed by atoms with Gasteiger partial charge in [0.05, 0.1) is 6.54 Å². The van der Waals surface area contributed by atoms with Gasteiger partial charge in [-0.3, -0.25) is 9.69 Å². The van der Waals surface area contributed by atoms with E-state index in [1.807, 2.05) is 0 Å². The molecule has 1 aliphatic heterocycles. The van der Waals surface area contributed by atoms with E-state index in [4.69, 9.17) is 0 Å². The number of nitrogens with zero attached hydrogens (tertiary/aromatic N) is 1. The molecule has 1 rings (SSSR count). The van der Waals surface area contributed by atoms with Crippen molar-refractivity contribution in [3.8, 4) is 0 Å². The molecule has 2 nitrogen and oxygen atoms in total. The second-order valence-corrected chi connectivity index (χ2v) is 5.18. The molecule has 0 saturated carbocycles. The Morgan fingerprint density at radius 3 is 2.75 bits per heavy atom. The molecule has 2 heteroatoms. The molecule has 0 aromatic heterocycles. The lowest BCUT2D eigenvalue weighted by atomic mass is 9.96. The number of likely N-dealkylation sites (tertiary alicyclic amines) is 1. The Kier molecular flexibility index (Phi) is 6.04. The molecule has 1 heterocycles. The van der Waals surface area contributed by atoms with Gasteiger partial charge in [-0.15, -0.1) is 0 Å². The van der Waals surface area contributed by atoms with Gasteiger partial charge in [-0.1, -0.05) is 33.6 Å². The van der Waals surface area contributed by atoms with Crippen LogP contribution in [0.15, 0.2) is 0 Å². The zero-order chi connectivity index (χ0) is 12.0. The van der Waals surface area contributed by atoms with E-state index in [0.717, 1.165) is 13.0 Å². The van der Waals surface area contributed by atoms with E-state index >= 15 is 0 Å². The normalized spacial score (nSPS) is 24.3. The molecule has 94 valence electrons. The van der Waals surface area contributed by atoms with Crippen molar-refractivity contribution in [2.45, 2.75) is 65.3 Å². The van der Waals surface area contributed by atoms with E-state index in [0.29, 0.717) is 18.4 Å². The maximum atomic E-state index is 12.0. The van der Waals surface area contributed by atoms with Crippen LogP contribution in [0.4, 0.5) is 0 Å². The second-order valence-electron chi connectivity index (χ2n) is 5.18. The van der Waals surface area contributed by atoms with E-state index in [-0.39, 0.29) is 5.92 Å². The number of hydrogen-bond acceptors (Lipinski definition) is 2. The fourth-order valence-electron chi connectivity index (χ4n) is 2.51. The SMILES string of the molecule is CCCC1CCCCN1CC(=O)C(C)CC. The van der Waals surface area contributed by atoms with Crippen molar-refractivity contribution in [2.24, 2.45) is 5.92 Å². The van der Waals surface area contributed by atoms with Crippen molar-refractivity contribution >= 4 is 5.78 Å². The molecule has 16 heavy (non-hydrogen) atoms. The van der Waals surface area contributed by atoms with E-state index in [9.17, 15) is 4.79 Å². The van der Waals surface area contributed by atoms with E-state index in [2.05, 4.69) is 25.7 Å². The first-order valence-corrected chi connectivity index (χ1v) is 6.95. The molecule has 2 atom stereocenters. The largest absolute Gasteiger partial charge is 0.298 e. The van der Waals surface area contributed by atoms with Gasteiger partial charge in [-0.25, -0.2) is 0 Å². The average molecular weight is 225 g/mol. The fourth-order valence-corrected chi connectivity index (χ4v) is 2.51. The summed E-state index contributed by atoms with van der Waals surface area (Å²) in [6, 6.07) is 0.673. The van der Waals surface area contributed by atoms with Crippen LogP contribution in [-0.2, 0) is 4.79 Å². The quantitative estimate of drug-likeness (QED) is 0.691. The number of ketones is 1. The van der Waals surface area contributed by atoms with Crippen molar-refractivity contribution in [3.63, 3.8) is 0 Å². The van der Waals surface area contributed by atoms with Crippen LogP contribution in [0.25, 0.3) is 0 Å². The average Bonchev–Trinajstić information content (AvgIpc) is 2.31. The summed E-state index contributed by atoms with van der Waals surface area (Å²) >= 11 is 0. The minimum Gasteiger partial charge on any atom is -0.298 e. The summed E-state index contributed by atoms with van der Waals surface area (Å²) in [5.74, 6) is 0.676. The van der Waals surface area contributed by atoms with Crippen molar-refractivity contribution in [2.75, 3.05) is 13.1 Å². The number of rotatable bonds is 6. The maximum Gasteiger partial charge on any atom is 0.149 e. The molecule has 0 radical (unpaired) electrons. The molecular formula is C14H27NO. The third-order valence-electron chi connectivity index (χ3n) is 3.89. The minimum atomic E-state index is 0.240. The number of carbonyl (C=O) groups excluding carboxylic acids is 1. The molecule has 2 unspecified atom stereocenters. The van der Waals surface area contributed by atoms with Crippen LogP contribution in [0.1, 0.15) is 59.3 Å². The van der Waals surface area contributed by atoms with Gasteiger partial charge in [0, 0.05) is 12.0 Å². The highest BCUT2D eigenvalue weighted by Crippen LogP contribution is 2.21. The first kappa shape index (κ1) is 13.7. The van der Waals surface area contributed by atoms with Gasteiger partial charge in [0.2, 0.25) is 0 Å². The molecule has 0 aromatic rings. The zero-order valence-corrected chi connectivity index (χ0v) is 11.2. The summed E-state index contributed by atoms with van der Waals surface area (Å²) < 4.78 is 0. The Bertz CT molecular complexity index is 213. The van der Waals surface area contributed by atoms with E-state index in [1.165, 1.54) is 32.1 Å². The summed E-state index contributed by atoms with van der Waals surface area (Å²) in [7, 11) is 0. The predicted molar refractivity (Wildman–Crippen MR) is 68.6 cm³/mol. The van der Waals surface area contributed by atoms with Crippen molar-refractivity contribution in [1.29, 1.82) is 0 Å². The highest BCUT2D eigenvalue weighted by molar-refractivity contribution is 5.82. The Labute approximate surface area is 100 Å². The van der Waals surface area contributed by atoms with Crippen LogP contribution in [0, 0.1) is 5.92 Å². The van der Waals surface area contributed by atoms with Gasteiger partial charge in [-0.05, 0) is 32.2 Å². The van der Waals surface area contributed by atoms with Gasteiger partial charge < -0.3 is 0 Å². The number of Topliss-reactive ketones (excluding diaryl/α,β-unsaturated/α-hetero) is 1. The van der Waals surface area contributed by atoms with Crippen molar-refractivity contribution in [1.82, 2.24) is 4.90 Å². The van der Waals surface area contributed by atoms with Crippen molar-refractivity contribution < 1.29 is 4.79 Å². The Morgan fingerprint density at radius 2 is 2.12 bits per heavy atom. The topological polar surface area (TPSA) is 20.3 Å². The number of piperidine rings is 1. The van der Waals surface area contributed by atoms with E-state index in [1.54, 1.807) is 0 Å². The number of hydrogen-bond donors (Lipinski definition) is 0. The molecule has 1 fully saturated rings. The minimum absolute atomic E-state index is 0.240. The predicted octanol–water partition coefficient (Wildman–Crippen LogP) is 3.26. The lowest BCUT2D eigenvalue weighted by Crippen LogP contribution is -2.43. The standard InChI is InChI=1S/C14H27NO/c1-4-8-13-9-6-7-10-15(13)11-14(16)12(3)5-2/h12-13H,4-11H2,1-3H3. The molecule has 0 N–H and O–H groups in total. The van der Waals surface area contributed by atoms with Gasteiger partial charge in [0.1, 0.15) is 5.78 Å². The van der Waals surface area contributed by atoms with Crippen LogP contribution in [0.2, 0.25) is 0 Å². The number of carbonyl (C=O) groups is 1. The summed E-state index contributed by atoms with van der Waals surface area (Å²) in [5.41, 5.74) is 0. The van der Waals surface area contributed by atoms with Crippen LogP contribution in [0.3, 0.4) is 0 Å². The Morgan fingerprint density at radius 1 is 1.38 bits per heavy atom. The van der Waals surface area contributed by atoms with Crippen molar-refractivity contribution in [3.05, 3.63) is 0 Å². The molecular weight excluding hydrogens is 198 g/mol. The summed E-state index contributed by atoms with van der Waals surface area (Å²) in [6.07, 6.45) is 7.38. The highest BCUT2D eigenvalue weighted by atomic mass is 16.1. The van der Waals surface area contributed by atoms with E-state index < -0.39 is 0 Å². The molecule has 1 aliphatic rings. The van der Waals surface area contributed by atoms with Gasteiger partial charge in [0.15, 0.2) is 0 Å². The third-order valence-corrected chi connectivity index (χ3v) is 3.89. The fraction of sp³-hybridized carbons (Fsp3) is 0.929. The van der Waals surface area contributed by atoms with Gasteiger partial charge in [0.25, 0.3) is 0 Å². The third kappa shape index (κ3) is 3.89. The highest BCUT2D eigenvalue weighted by Gasteiger charge is 2.24. The summed E-state index contributed by atoms with van der Waals surface area (Å²) in [5, 5.41) is 0. The summed E-state index contributed by atoms with van der Waals surface area (Å²) in [4.78, 5) is 14.4. The molecule has 0 aliphatic carbocycles. The first-order chi connectivity index (χ1) is 7.69. The lowest BCUT2D eigenvalue weighted by molar-refractivity contribution is -0.124. The molecule has 0 amide bonds. The molecule has 0 aromatic carbocycles. The summed E-state index contributed by atoms with van der Waals surface area (Å²) in [6.45, 7) is 8.22. The zero-order valence-electron chi connectivity index (χ0n) is 11.2. The molecule has 0 spiro atoms. The van der Waals surface area contributed by atoms with Crippen LogP contribution in [0.5, 0.6) is 0 Å². The van der Waals surface area contributed by atoms with Gasteiger partial charge >= 0.3 is 0 Å².